The van der Waals surface area contributed by atoms with Gasteiger partial charge in [-0.15, -0.1) is 0 Å². The largest absolute Gasteiger partial charge is 0.464 e. The van der Waals surface area contributed by atoms with Crippen molar-refractivity contribution in [3.8, 4) is 11.3 Å². The number of halogens is 1. The Balaban J connectivity index is 1.41. The van der Waals surface area contributed by atoms with Crippen LogP contribution in [0.2, 0.25) is 0 Å². The summed E-state index contributed by atoms with van der Waals surface area (Å²) in [7, 11) is -3.94. The number of anilines is 1. The lowest BCUT2D eigenvalue weighted by Gasteiger charge is -2.20. The molecule has 3 heterocycles. The molecule has 164 valence electrons. The minimum Gasteiger partial charge on any atom is -0.464 e. The molecule has 0 spiro atoms. The number of nitrogens with zero attached hydrogens (tertiary/aromatic N) is 1. The highest BCUT2D eigenvalue weighted by molar-refractivity contribution is 7.89. The quantitative estimate of drug-likeness (QED) is 0.629. The molecule has 2 N–H and O–H groups in total. The smallest absolute Gasteiger partial charge is 0.256 e. The summed E-state index contributed by atoms with van der Waals surface area (Å²) in [5.74, 6) is -0.723. The van der Waals surface area contributed by atoms with Crippen LogP contribution in [0, 0.1) is 5.82 Å². The van der Waals surface area contributed by atoms with E-state index in [2.05, 4.69) is 10.0 Å². The molecule has 3 aromatic rings. The SMILES string of the molecule is O=C1Nc2ccc(-c3ccco3)cc2C(=O)N2C[C@@H](NS(=O)(=O)c3ccc(F)cc3)C[C@@H]12. The van der Waals surface area contributed by atoms with Crippen LogP contribution >= 0.6 is 0 Å². The maximum atomic E-state index is 13.3. The van der Waals surface area contributed by atoms with Crippen molar-refractivity contribution in [3.63, 3.8) is 0 Å². The maximum Gasteiger partial charge on any atom is 0.256 e. The summed E-state index contributed by atoms with van der Waals surface area (Å²) < 4.78 is 46.4. The van der Waals surface area contributed by atoms with Gasteiger partial charge in [-0.1, -0.05) is 0 Å². The molecule has 2 amide bonds. The number of amides is 2. The number of benzene rings is 2. The minimum absolute atomic E-state index is 0.0295. The van der Waals surface area contributed by atoms with Crippen LogP contribution in [0.1, 0.15) is 16.8 Å². The second-order valence-corrected chi connectivity index (χ2v) is 9.42. The summed E-state index contributed by atoms with van der Waals surface area (Å²) in [6.07, 6.45) is 1.65. The third kappa shape index (κ3) is 3.57. The summed E-state index contributed by atoms with van der Waals surface area (Å²) in [6.45, 7) is 0.0295. The van der Waals surface area contributed by atoms with E-state index >= 15 is 0 Å². The second-order valence-electron chi connectivity index (χ2n) is 7.71. The highest BCUT2D eigenvalue weighted by Gasteiger charge is 2.44. The van der Waals surface area contributed by atoms with E-state index in [-0.39, 0.29) is 29.7 Å². The molecule has 2 aromatic carbocycles. The Hall–Kier alpha value is -3.50. The first-order valence-electron chi connectivity index (χ1n) is 9.89. The van der Waals surface area contributed by atoms with E-state index in [1.54, 1.807) is 30.3 Å². The molecule has 0 bridgehead atoms. The fraction of sp³-hybridized carbons (Fsp3) is 0.182. The Bertz CT molecular complexity index is 1310. The number of hydrogen-bond acceptors (Lipinski definition) is 5. The predicted octanol–water partition coefficient (Wildman–Crippen LogP) is 2.60. The number of sulfonamides is 1. The lowest BCUT2D eigenvalue weighted by atomic mass is 10.1. The molecule has 10 heteroatoms. The monoisotopic (exact) mass is 455 g/mol. The molecular formula is C22H18FN3O5S. The predicted molar refractivity (Wildman–Crippen MR) is 113 cm³/mol. The Morgan fingerprint density at radius 1 is 1.09 bits per heavy atom. The molecule has 8 nitrogen and oxygen atoms in total. The van der Waals surface area contributed by atoms with Crippen LogP contribution in [0.15, 0.2) is 70.2 Å². The number of hydrogen-bond donors (Lipinski definition) is 2. The number of furan rings is 1. The van der Waals surface area contributed by atoms with E-state index < -0.39 is 27.9 Å². The normalized spacial score (nSPS) is 20.5. The van der Waals surface area contributed by atoms with E-state index in [1.807, 2.05) is 0 Å². The van der Waals surface area contributed by atoms with Crippen molar-refractivity contribution < 1.29 is 26.8 Å². The average Bonchev–Trinajstić information content (AvgIpc) is 3.42. The zero-order valence-electron chi connectivity index (χ0n) is 16.6. The number of nitrogens with one attached hydrogen (secondary N) is 2. The van der Waals surface area contributed by atoms with Gasteiger partial charge in [0.1, 0.15) is 17.6 Å². The van der Waals surface area contributed by atoms with Crippen molar-refractivity contribution in [2.45, 2.75) is 23.4 Å². The van der Waals surface area contributed by atoms with Crippen LogP contribution < -0.4 is 10.0 Å². The first-order chi connectivity index (χ1) is 15.3. The molecule has 2 atom stereocenters. The summed E-state index contributed by atoms with van der Waals surface area (Å²) in [5, 5.41) is 2.77. The molecule has 2 aliphatic heterocycles. The fourth-order valence-electron chi connectivity index (χ4n) is 4.09. The lowest BCUT2D eigenvalue weighted by molar-refractivity contribution is -0.119. The summed E-state index contributed by atoms with van der Waals surface area (Å²) in [4.78, 5) is 27.4. The van der Waals surface area contributed by atoms with Crippen LogP contribution in [0.4, 0.5) is 10.1 Å². The standard InChI is InChI=1S/C22H18FN3O5S/c23-14-4-6-16(7-5-14)32(29,30)25-15-11-19-21(27)24-18-8-3-13(20-2-1-9-31-20)10-17(18)22(28)26(19)12-15/h1-10,15,19,25H,11-12H2,(H,24,27)/t15-,19-/m0/s1. The van der Waals surface area contributed by atoms with Crippen LogP contribution in [0.5, 0.6) is 0 Å². The van der Waals surface area contributed by atoms with Gasteiger partial charge in [0.15, 0.2) is 0 Å². The molecule has 2 aliphatic rings. The van der Waals surface area contributed by atoms with Crippen molar-refractivity contribution in [1.29, 1.82) is 0 Å². The van der Waals surface area contributed by atoms with E-state index in [0.29, 0.717) is 22.6 Å². The van der Waals surface area contributed by atoms with E-state index in [1.165, 1.54) is 11.2 Å². The van der Waals surface area contributed by atoms with Gasteiger partial charge in [0, 0.05) is 18.2 Å². The van der Waals surface area contributed by atoms with Gasteiger partial charge >= 0.3 is 0 Å². The maximum absolute atomic E-state index is 13.3. The minimum atomic E-state index is -3.94. The molecule has 32 heavy (non-hydrogen) atoms. The number of carbonyl (C=O) groups is 2. The van der Waals surface area contributed by atoms with Gasteiger partial charge in [0.2, 0.25) is 15.9 Å². The van der Waals surface area contributed by atoms with Crippen LogP contribution in [-0.2, 0) is 14.8 Å². The molecule has 5 rings (SSSR count). The second kappa shape index (κ2) is 7.57. The molecular weight excluding hydrogens is 437 g/mol. The van der Waals surface area contributed by atoms with Crippen molar-refractivity contribution >= 4 is 27.5 Å². The van der Waals surface area contributed by atoms with Gasteiger partial charge in [-0.3, -0.25) is 9.59 Å². The molecule has 0 radical (unpaired) electrons. The summed E-state index contributed by atoms with van der Waals surface area (Å²) >= 11 is 0. The fourth-order valence-corrected chi connectivity index (χ4v) is 5.33. The molecule has 0 saturated carbocycles. The Labute approximate surface area is 183 Å². The lowest BCUT2D eigenvalue weighted by Crippen LogP contribution is -2.41. The van der Waals surface area contributed by atoms with Crippen LogP contribution in [-0.4, -0.2) is 43.8 Å². The van der Waals surface area contributed by atoms with Gasteiger partial charge in [-0.2, -0.15) is 0 Å². The molecule has 1 aromatic heterocycles. The first kappa shape index (κ1) is 20.4. The van der Waals surface area contributed by atoms with Gasteiger partial charge in [0.05, 0.1) is 22.4 Å². The van der Waals surface area contributed by atoms with Gasteiger partial charge in [-0.05, 0) is 61.0 Å². The first-order valence-corrected chi connectivity index (χ1v) is 11.4. The Kier molecular flexibility index (Phi) is 4.83. The third-order valence-electron chi connectivity index (χ3n) is 5.62. The van der Waals surface area contributed by atoms with E-state index in [4.69, 9.17) is 4.42 Å². The topological polar surface area (TPSA) is 109 Å². The molecule has 0 unspecified atom stereocenters. The molecule has 1 fully saturated rings. The number of carbonyl (C=O) groups excluding carboxylic acids is 2. The van der Waals surface area contributed by atoms with Crippen molar-refractivity contribution in [2.24, 2.45) is 0 Å². The Morgan fingerprint density at radius 2 is 1.88 bits per heavy atom. The Morgan fingerprint density at radius 3 is 2.59 bits per heavy atom. The zero-order chi connectivity index (χ0) is 22.5. The third-order valence-corrected chi connectivity index (χ3v) is 7.16. The van der Waals surface area contributed by atoms with Gasteiger partial charge < -0.3 is 14.6 Å². The molecule has 0 aliphatic carbocycles. The van der Waals surface area contributed by atoms with Crippen molar-refractivity contribution in [3.05, 3.63) is 72.2 Å². The van der Waals surface area contributed by atoms with Gasteiger partial charge in [0.25, 0.3) is 5.91 Å². The summed E-state index contributed by atoms with van der Waals surface area (Å²) in [6, 6.07) is 11.5. The van der Waals surface area contributed by atoms with Crippen LogP contribution in [0.3, 0.4) is 0 Å². The number of rotatable bonds is 4. The van der Waals surface area contributed by atoms with E-state index in [9.17, 15) is 22.4 Å². The van der Waals surface area contributed by atoms with Gasteiger partial charge in [-0.25, -0.2) is 17.5 Å². The molecule has 1 saturated heterocycles. The van der Waals surface area contributed by atoms with Crippen molar-refractivity contribution in [2.75, 3.05) is 11.9 Å². The van der Waals surface area contributed by atoms with Crippen molar-refractivity contribution in [1.82, 2.24) is 9.62 Å². The van der Waals surface area contributed by atoms with E-state index in [0.717, 1.165) is 24.3 Å². The average molecular weight is 455 g/mol. The zero-order valence-corrected chi connectivity index (χ0v) is 17.4. The highest BCUT2D eigenvalue weighted by atomic mass is 32.2. The highest BCUT2D eigenvalue weighted by Crippen LogP contribution is 2.32. The summed E-state index contributed by atoms with van der Waals surface area (Å²) in [5.41, 5.74) is 1.38. The van der Waals surface area contributed by atoms with Crippen LogP contribution in [0.25, 0.3) is 11.3 Å². The number of fused-ring (bicyclic) bond motifs is 2.